The van der Waals surface area contributed by atoms with Gasteiger partial charge in [-0.15, -0.1) is 0 Å². The zero-order valence-electron chi connectivity index (χ0n) is 14.1. The fourth-order valence-corrected chi connectivity index (χ4v) is 4.62. The van der Waals surface area contributed by atoms with Gasteiger partial charge in [-0.25, -0.2) is 8.42 Å². The number of ether oxygens (including phenoxy) is 3. The lowest BCUT2D eigenvalue weighted by Crippen LogP contribution is -2.36. The van der Waals surface area contributed by atoms with Gasteiger partial charge in [0.2, 0.25) is 0 Å². The van der Waals surface area contributed by atoms with Gasteiger partial charge < -0.3 is 14.2 Å². The lowest BCUT2D eigenvalue weighted by molar-refractivity contribution is -0.138. The molecule has 0 fully saturated rings. The molecule has 0 unspecified atom stereocenters. The van der Waals surface area contributed by atoms with Crippen LogP contribution in [0.4, 0.5) is 5.69 Å². The summed E-state index contributed by atoms with van der Waals surface area (Å²) in [4.78, 5) is 11.6. The summed E-state index contributed by atoms with van der Waals surface area (Å²) in [5.41, 5.74) is 0.195. The number of carbonyl (C=O) groups is 1. The summed E-state index contributed by atoms with van der Waals surface area (Å²) >= 11 is 12.0. The minimum Gasteiger partial charge on any atom is -0.486 e. The molecule has 10 heteroatoms. The summed E-state index contributed by atoms with van der Waals surface area (Å²) in [6.07, 6.45) is 0. The van der Waals surface area contributed by atoms with Gasteiger partial charge in [0.15, 0.2) is 11.5 Å². The average Bonchev–Trinajstić information content (AvgIpc) is 2.67. The van der Waals surface area contributed by atoms with Crippen molar-refractivity contribution in [3.63, 3.8) is 0 Å². The third kappa shape index (κ3) is 4.07. The van der Waals surface area contributed by atoms with Crippen LogP contribution >= 0.6 is 23.2 Å². The Morgan fingerprint density at radius 1 is 1.11 bits per heavy atom. The number of nitrogens with zero attached hydrogens (tertiary/aromatic N) is 1. The number of anilines is 1. The predicted octanol–water partition coefficient (Wildman–Crippen LogP) is 3.13. The lowest BCUT2D eigenvalue weighted by atomic mass is 10.2. The highest BCUT2D eigenvalue weighted by atomic mass is 35.5. The molecule has 1 heterocycles. The van der Waals surface area contributed by atoms with Gasteiger partial charge in [0.25, 0.3) is 10.0 Å². The second kappa shape index (κ2) is 7.84. The van der Waals surface area contributed by atoms with Gasteiger partial charge in [-0.05, 0) is 30.3 Å². The number of rotatable bonds is 5. The molecule has 0 atom stereocenters. The monoisotopic (exact) mass is 431 g/mol. The Morgan fingerprint density at radius 3 is 2.52 bits per heavy atom. The summed E-state index contributed by atoms with van der Waals surface area (Å²) in [5, 5.41) is 0.171. The van der Waals surface area contributed by atoms with Gasteiger partial charge in [0.1, 0.15) is 24.7 Å². The molecule has 0 spiro atoms. The van der Waals surface area contributed by atoms with Crippen molar-refractivity contribution in [2.75, 3.05) is 31.2 Å². The van der Waals surface area contributed by atoms with E-state index in [9.17, 15) is 13.2 Å². The van der Waals surface area contributed by atoms with Gasteiger partial charge in [-0.1, -0.05) is 23.2 Å². The van der Waals surface area contributed by atoms with Crippen LogP contribution in [0.2, 0.25) is 10.0 Å². The SMILES string of the molecule is COC(=O)CN(c1ccc2c(c1)OCCO2)S(=O)(=O)c1cc(Cl)ccc1Cl. The standard InChI is InChI=1S/C17H15Cl2NO6S/c1-24-17(21)10-20(12-3-5-14-15(9-12)26-7-6-25-14)27(22,23)16-8-11(18)2-4-13(16)19/h2-5,8-9H,6-7,10H2,1H3. The van der Waals surface area contributed by atoms with Crippen LogP contribution in [-0.2, 0) is 19.6 Å². The first kappa shape index (κ1) is 19.6. The maximum atomic E-state index is 13.2. The molecule has 1 aliphatic heterocycles. The molecule has 7 nitrogen and oxygen atoms in total. The first-order chi connectivity index (χ1) is 12.8. The molecule has 0 aliphatic carbocycles. The highest BCUT2D eigenvalue weighted by Gasteiger charge is 2.30. The van der Waals surface area contributed by atoms with Gasteiger partial charge >= 0.3 is 5.97 Å². The number of methoxy groups -OCH3 is 1. The molecular formula is C17H15Cl2NO6S. The van der Waals surface area contributed by atoms with Crippen molar-refractivity contribution >= 4 is 44.9 Å². The molecule has 2 aromatic carbocycles. The molecule has 0 amide bonds. The molecule has 0 aromatic heterocycles. The highest BCUT2D eigenvalue weighted by molar-refractivity contribution is 7.93. The van der Waals surface area contributed by atoms with Crippen molar-refractivity contribution in [1.82, 2.24) is 0 Å². The minimum absolute atomic E-state index is 0.0215. The van der Waals surface area contributed by atoms with E-state index in [0.29, 0.717) is 24.7 Å². The fraction of sp³-hybridized carbons (Fsp3) is 0.235. The van der Waals surface area contributed by atoms with Crippen LogP contribution in [0.3, 0.4) is 0 Å². The number of fused-ring (bicyclic) bond motifs is 1. The van der Waals surface area contributed by atoms with E-state index in [2.05, 4.69) is 4.74 Å². The van der Waals surface area contributed by atoms with E-state index in [-0.39, 0.29) is 20.6 Å². The van der Waals surface area contributed by atoms with E-state index in [1.165, 1.54) is 37.4 Å². The van der Waals surface area contributed by atoms with Gasteiger partial charge in [-0.2, -0.15) is 0 Å². The Hall–Kier alpha value is -2.16. The summed E-state index contributed by atoms with van der Waals surface area (Å²) < 4.78 is 42.9. The Kier molecular flexibility index (Phi) is 5.69. The van der Waals surface area contributed by atoms with E-state index in [1.807, 2.05) is 0 Å². The average molecular weight is 432 g/mol. The lowest BCUT2D eigenvalue weighted by Gasteiger charge is -2.26. The first-order valence-electron chi connectivity index (χ1n) is 7.77. The number of esters is 1. The van der Waals surface area contributed by atoms with Crippen molar-refractivity contribution in [3.8, 4) is 11.5 Å². The molecule has 27 heavy (non-hydrogen) atoms. The quantitative estimate of drug-likeness (QED) is 0.676. The molecule has 0 saturated heterocycles. The molecule has 0 radical (unpaired) electrons. The molecule has 0 saturated carbocycles. The number of halogens is 2. The van der Waals surface area contributed by atoms with Crippen LogP contribution in [-0.4, -0.2) is 41.3 Å². The molecule has 1 aliphatic rings. The Bertz CT molecular complexity index is 979. The normalized spacial score (nSPS) is 13.1. The maximum absolute atomic E-state index is 13.2. The summed E-state index contributed by atoms with van der Waals surface area (Å²) in [6.45, 7) is 0.177. The first-order valence-corrected chi connectivity index (χ1v) is 9.97. The van der Waals surface area contributed by atoms with Gasteiger partial charge in [0.05, 0.1) is 17.8 Å². The molecule has 0 bridgehead atoms. The number of sulfonamides is 1. The van der Waals surface area contributed by atoms with Crippen LogP contribution in [0.1, 0.15) is 0 Å². The zero-order valence-corrected chi connectivity index (χ0v) is 16.5. The third-order valence-electron chi connectivity index (χ3n) is 3.78. The number of hydrogen-bond donors (Lipinski definition) is 0. The number of hydrogen-bond acceptors (Lipinski definition) is 6. The topological polar surface area (TPSA) is 82.1 Å². The molecular weight excluding hydrogens is 417 g/mol. The van der Waals surface area contributed by atoms with Crippen molar-refractivity contribution in [2.24, 2.45) is 0 Å². The van der Waals surface area contributed by atoms with E-state index >= 15 is 0 Å². The summed E-state index contributed by atoms with van der Waals surface area (Å²) in [7, 11) is -3.05. The Balaban J connectivity index is 2.11. The number of carbonyl (C=O) groups excluding carboxylic acids is 1. The minimum atomic E-state index is -4.22. The van der Waals surface area contributed by atoms with E-state index < -0.39 is 22.5 Å². The van der Waals surface area contributed by atoms with E-state index in [0.717, 1.165) is 4.31 Å². The van der Waals surface area contributed by atoms with Crippen molar-refractivity contribution < 1.29 is 27.4 Å². The smallest absolute Gasteiger partial charge is 0.326 e. The predicted molar refractivity (Wildman–Crippen MR) is 100 cm³/mol. The van der Waals surface area contributed by atoms with E-state index in [4.69, 9.17) is 32.7 Å². The Labute approximate surface area is 166 Å². The Morgan fingerprint density at radius 2 is 1.81 bits per heavy atom. The maximum Gasteiger partial charge on any atom is 0.326 e. The fourth-order valence-electron chi connectivity index (χ4n) is 2.48. The third-order valence-corrected chi connectivity index (χ3v) is 6.27. The van der Waals surface area contributed by atoms with Crippen LogP contribution in [0.5, 0.6) is 11.5 Å². The second-order valence-electron chi connectivity index (χ2n) is 5.49. The van der Waals surface area contributed by atoms with Crippen LogP contribution in [0.25, 0.3) is 0 Å². The largest absolute Gasteiger partial charge is 0.486 e. The van der Waals surface area contributed by atoms with Crippen LogP contribution in [0.15, 0.2) is 41.3 Å². The highest BCUT2D eigenvalue weighted by Crippen LogP contribution is 2.37. The summed E-state index contributed by atoms with van der Waals surface area (Å²) in [5.74, 6) is 0.119. The molecule has 3 rings (SSSR count). The molecule has 2 aromatic rings. The second-order valence-corrected chi connectivity index (χ2v) is 8.16. The zero-order chi connectivity index (χ0) is 19.6. The van der Waals surface area contributed by atoms with Crippen molar-refractivity contribution in [1.29, 1.82) is 0 Å². The molecule has 0 N–H and O–H groups in total. The van der Waals surface area contributed by atoms with Crippen molar-refractivity contribution in [2.45, 2.75) is 4.90 Å². The molecule has 144 valence electrons. The van der Waals surface area contributed by atoms with Crippen molar-refractivity contribution in [3.05, 3.63) is 46.4 Å². The van der Waals surface area contributed by atoms with Crippen LogP contribution in [0, 0.1) is 0 Å². The van der Waals surface area contributed by atoms with E-state index in [1.54, 1.807) is 6.07 Å². The van der Waals surface area contributed by atoms with Crippen LogP contribution < -0.4 is 13.8 Å². The van der Waals surface area contributed by atoms with Gasteiger partial charge in [0, 0.05) is 11.1 Å². The summed E-state index contributed by atoms with van der Waals surface area (Å²) in [6, 6.07) is 8.62. The number of benzene rings is 2. The van der Waals surface area contributed by atoms with Gasteiger partial charge in [-0.3, -0.25) is 9.10 Å².